The van der Waals surface area contributed by atoms with Gasteiger partial charge in [-0.3, -0.25) is 4.79 Å². The molecule has 0 unspecified atom stereocenters. The zero-order valence-corrected chi connectivity index (χ0v) is 12.6. The maximum atomic E-state index is 10.8. The summed E-state index contributed by atoms with van der Waals surface area (Å²) in [5, 5.41) is 15.6. The third-order valence-electron chi connectivity index (χ3n) is 2.08. The summed E-state index contributed by atoms with van der Waals surface area (Å²) in [6.45, 7) is 2.18. The van der Waals surface area contributed by atoms with Crippen molar-refractivity contribution >= 4 is 17.9 Å². The second kappa shape index (κ2) is 10.1. The maximum absolute atomic E-state index is 10.8. The number of aliphatic carboxylic acids is 2. The second-order valence-corrected chi connectivity index (χ2v) is 4.45. The molecule has 0 aliphatic rings. The number of esters is 1. The molecule has 1 aromatic rings. The van der Waals surface area contributed by atoms with Crippen LogP contribution in [0.1, 0.15) is 12.5 Å². The predicted molar refractivity (Wildman–Crippen MR) is 79.6 cm³/mol. The zero-order chi connectivity index (χ0) is 17.1. The fourth-order valence-corrected chi connectivity index (χ4v) is 1.37. The molecule has 7 nitrogen and oxygen atoms in total. The quantitative estimate of drug-likeness (QED) is 0.481. The molecule has 2 N–H and O–H groups in total. The first-order valence-corrected chi connectivity index (χ1v) is 6.27. The number of hydrogen-bond donors (Lipinski definition) is 2. The monoisotopic (exact) mass is 309 g/mol. The van der Waals surface area contributed by atoms with Crippen LogP contribution < -0.4 is 4.74 Å². The molecule has 1 aromatic carbocycles. The van der Waals surface area contributed by atoms with E-state index in [-0.39, 0.29) is 5.97 Å². The molecule has 0 aromatic heterocycles. The van der Waals surface area contributed by atoms with Gasteiger partial charge in [-0.05, 0) is 20.2 Å². The first-order chi connectivity index (χ1) is 10.2. The molecule has 0 amide bonds. The van der Waals surface area contributed by atoms with Gasteiger partial charge in [-0.1, -0.05) is 18.2 Å². The highest BCUT2D eigenvalue weighted by molar-refractivity contribution is 5.89. The van der Waals surface area contributed by atoms with Crippen LogP contribution in [0.2, 0.25) is 0 Å². The van der Waals surface area contributed by atoms with Crippen LogP contribution in [0.15, 0.2) is 36.4 Å². The molecule has 0 atom stereocenters. The van der Waals surface area contributed by atoms with Gasteiger partial charge in [0.15, 0.2) is 0 Å². The van der Waals surface area contributed by atoms with Crippen molar-refractivity contribution in [3.05, 3.63) is 42.0 Å². The summed E-state index contributed by atoms with van der Waals surface area (Å²) in [6.07, 6.45) is 1.12. The van der Waals surface area contributed by atoms with E-state index < -0.39 is 11.9 Å². The minimum absolute atomic E-state index is 0.281. The van der Waals surface area contributed by atoms with Gasteiger partial charge < -0.3 is 19.8 Å². The van der Waals surface area contributed by atoms with Crippen molar-refractivity contribution in [3.63, 3.8) is 0 Å². The van der Waals surface area contributed by atoms with E-state index in [1.807, 2.05) is 37.2 Å². The van der Waals surface area contributed by atoms with Gasteiger partial charge in [-0.25, -0.2) is 9.59 Å². The van der Waals surface area contributed by atoms with Gasteiger partial charge in [-0.2, -0.15) is 0 Å². The Kier molecular flexibility index (Phi) is 8.89. The predicted octanol–water partition coefficient (Wildman–Crippen LogP) is 1.39. The van der Waals surface area contributed by atoms with E-state index in [0.29, 0.717) is 17.9 Å². The van der Waals surface area contributed by atoms with Crippen LogP contribution in [0.5, 0.6) is 5.75 Å². The maximum Gasteiger partial charge on any atom is 0.328 e. The Balaban J connectivity index is 0.000000472. The van der Waals surface area contributed by atoms with Crippen LogP contribution in [0.4, 0.5) is 0 Å². The van der Waals surface area contributed by atoms with Gasteiger partial charge in [0, 0.05) is 31.2 Å². The van der Waals surface area contributed by atoms with Gasteiger partial charge in [0.25, 0.3) is 0 Å². The van der Waals surface area contributed by atoms with Crippen molar-refractivity contribution in [2.75, 3.05) is 14.1 Å². The zero-order valence-electron chi connectivity index (χ0n) is 12.6. The Hall–Kier alpha value is -2.67. The highest BCUT2D eigenvalue weighted by Gasteiger charge is 2.05. The Labute approximate surface area is 128 Å². The summed E-state index contributed by atoms with van der Waals surface area (Å²) < 4.78 is 5.08. The number of carboxylic acid groups (broad SMARTS) is 2. The van der Waals surface area contributed by atoms with E-state index in [0.717, 1.165) is 12.1 Å². The Morgan fingerprint density at radius 1 is 1.09 bits per heavy atom. The van der Waals surface area contributed by atoms with Gasteiger partial charge in [0.1, 0.15) is 5.75 Å². The molecule has 0 radical (unpaired) electrons. The average Bonchev–Trinajstić information content (AvgIpc) is 2.38. The van der Waals surface area contributed by atoms with Crippen LogP contribution in [0, 0.1) is 0 Å². The van der Waals surface area contributed by atoms with Crippen LogP contribution in [-0.2, 0) is 20.9 Å². The van der Waals surface area contributed by atoms with Crippen molar-refractivity contribution in [2.24, 2.45) is 0 Å². The van der Waals surface area contributed by atoms with E-state index in [2.05, 4.69) is 0 Å². The van der Waals surface area contributed by atoms with Crippen LogP contribution in [0.3, 0.4) is 0 Å². The topological polar surface area (TPSA) is 104 Å². The van der Waals surface area contributed by atoms with E-state index in [1.165, 1.54) is 6.92 Å². The molecule has 0 heterocycles. The molecular formula is C15H19NO6. The van der Waals surface area contributed by atoms with Gasteiger partial charge in [0.2, 0.25) is 0 Å². The van der Waals surface area contributed by atoms with E-state index in [9.17, 15) is 14.4 Å². The second-order valence-electron chi connectivity index (χ2n) is 4.45. The molecule has 0 aliphatic carbocycles. The van der Waals surface area contributed by atoms with Crippen molar-refractivity contribution in [1.29, 1.82) is 0 Å². The van der Waals surface area contributed by atoms with Gasteiger partial charge in [0.05, 0.1) is 0 Å². The molecular weight excluding hydrogens is 290 g/mol. The highest BCUT2D eigenvalue weighted by atomic mass is 16.5. The first kappa shape index (κ1) is 19.3. The SMILES string of the molecule is CC(=O)Oc1ccccc1CN(C)C.O=C(O)/C=C/C(=O)O. The summed E-state index contributed by atoms with van der Waals surface area (Å²) in [6, 6.07) is 7.56. The largest absolute Gasteiger partial charge is 0.478 e. The van der Waals surface area contributed by atoms with Crippen molar-refractivity contribution in [3.8, 4) is 5.75 Å². The molecule has 0 spiro atoms. The molecule has 0 bridgehead atoms. The van der Waals surface area contributed by atoms with E-state index in [4.69, 9.17) is 14.9 Å². The number of carbonyl (C=O) groups is 3. The summed E-state index contributed by atoms with van der Waals surface area (Å²) >= 11 is 0. The normalized spacial score (nSPS) is 10.0. The van der Waals surface area contributed by atoms with Gasteiger partial charge in [-0.15, -0.1) is 0 Å². The van der Waals surface area contributed by atoms with Crippen molar-refractivity contribution in [1.82, 2.24) is 4.90 Å². The summed E-state index contributed by atoms with van der Waals surface area (Å²) in [7, 11) is 3.95. The summed E-state index contributed by atoms with van der Waals surface area (Å²) in [5.41, 5.74) is 1.02. The minimum atomic E-state index is -1.26. The standard InChI is InChI=1S/C11H15NO2.C4H4O4/c1-9(13)14-11-7-5-4-6-10(11)8-12(2)3;5-3(6)1-2-4(7)8/h4-7H,8H2,1-3H3;1-2H,(H,5,6)(H,7,8)/b;2-1+. The number of carbonyl (C=O) groups excluding carboxylic acids is 1. The minimum Gasteiger partial charge on any atom is -0.478 e. The molecule has 1 rings (SSSR count). The molecule has 120 valence electrons. The Morgan fingerprint density at radius 3 is 2.00 bits per heavy atom. The average molecular weight is 309 g/mol. The third kappa shape index (κ3) is 10.2. The number of rotatable bonds is 5. The number of benzene rings is 1. The highest BCUT2D eigenvalue weighted by Crippen LogP contribution is 2.18. The molecule has 0 saturated heterocycles. The van der Waals surface area contributed by atoms with Crippen molar-refractivity contribution < 1.29 is 29.3 Å². The molecule has 0 fully saturated rings. The van der Waals surface area contributed by atoms with E-state index in [1.54, 1.807) is 6.07 Å². The van der Waals surface area contributed by atoms with Crippen LogP contribution in [0.25, 0.3) is 0 Å². The first-order valence-electron chi connectivity index (χ1n) is 6.27. The van der Waals surface area contributed by atoms with Crippen molar-refractivity contribution in [2.45, 2.75) is 13.5 Å². The summed E-state index contributed by atoms with van der Waals surface area (Å²) in [4.78, 5) is 32.0. The Morgan fingerprint density at radius 2 is 1.59 bits per heavy atom. The fourth-order valence-electron chi connectivity index (χ4n) is 1.37. The van der Waals surface area contributed by atoms with Gasteiger partial charge >= 0.3 is 17.9 Å². The molecule has 22 heavy (non-hydrogen) atoms. The fraction of sp³-hybridized carbons (Fsp3) is 0.267. The number of para-hydroxylation sites is 1. The van der Waals surface area contributed by atoms with Crippen LogP contribution >= 0.6 is 0 Å². The number of ether oxygens (including phenoxy) is 1. The lowest BCUT2D eigenvalue weighted by atomic mass is 10.2. The van der Waals surface area contributed by atoms with Crippen LogP contribution in [-0.4, -0.2) is 47.1 Å². The Bertz CT molecular complexity index is 535. The third-order valence-corrected chi connectivity index (χ3v) is 2.08. The number of hydrogen-bond acceptors (Lipinski definition) is 5. The molecule has 7 heteroatoms. The van der Waals surface area contributed by atoms with E-state index >= 15 is 0 Å². The lowest BCUT2D eigenvalue weighted by molar-refractivity contribution is -0.134. The lowest BCUT2D eigenvalue weighted by Gasteiger charge is -2.12. The molecule has 0 aliphatic heterocycles. The number of carboxylic acids is 2. The smallest absolute Gasteiger partial charge is 0.328 e. The summed E-state index contributed by atoms with van der Waals surface area (Å²) in [5.74, 6) is -2.15. The number of nitrogens with zero attached hydrogens (tertiary/aromatic N) is 1. The lowest BCUT2D eigenvalue weighted by Crippen LogP contribution is -2.12. The molecule has 0 saturated carbocycles.